The van der Waals surface area contributed by atoms with Crippen molar-refractivity contribution in [2.24, 2.45) is 0 Å². The van der Waals surface area contributed by atoms with Gasteiger partial charge in [-0.2, -0.15) is 0 Å². The van der Waals surface area contributed by atoms with Crippen LogP contribution in [-0.4, -0.2) is 0 Å². The van der Waals surface area contributed by atoms with Crippen molar-refractivity contribution in [1.29, 1.82) is 0 Å². The van der Waals surface area contributed by atoms with E-state index in [1.807, 2.05) is 24.3 Å². The lowest BCUT2D eigenvalue weighted by atomic mass is 10.1. The molecule has 2 aromatic carbocycles. The number of benzene rings is 2. The predicted molar refractivity (Wildman–Crippen MR) is 68.8 cm³/mol. The monoisotopic (exact) mass is 233 g/mol. The van der Waals surface area contributed by atoms with Gasteiger partial charge in [-0.05, 0) is 36.4 Å². The van der Waals surface area contributed by atoms with Crippen LogP contribution < -0.4 is 5.73 Å². The number of thiophene rings is 1. The zero-order valence-corrected chi connectivity index (χ0v) is 9.40. The topological polar surface area (TPSA) is 26.0 Å². The lowest BCUT2D eigenvalue weighted by Crippen LogP contribution is -1.81. The van der Waals surface area contributed by atoms with Crippen LogP contribution in [-0.2, 0) is 0 Å². The maximum atomic E-state index is 5.99. The molecular formula is C12H8ClNS. The Morgan fingerprint density at radius 1 is 0.933 bits per heavy atom. The number of rotatable bonds is 0. The summed E-state index contributed by atoms with van der Waals surface area (Å²) in [5.74, 6) is 0. The summed E-state index contributed by atoms with van der Waals surface area (Å²) in [7, 11) is 0. The second-order valence-corrected chi connectivity index (χ2v) is 5.02. The summed E-state index contributed by atoms with van der Waals surface area (Å²) in [6, 6.07) is 12.0. The molecule has 15 heavy (non-hydrogen) atoms. The fourth-order valence-corrected chi connectivity index (χ4v) is 3.01. The Balaban J connectivity index is 2.55. The Hall–Kier alpha value is -1.25. The second-order valence-electron chi connectivity index (χ2n) is 3.50. The van der Waals surface area contributed by atoms with Crippen LogP contribution in [0.5, 0.6) is 0 Å². The normalized spacial score (nSPS) is 11.3. The molecule has 74 valence electrons. The summed E-state index contributed by atoms with van der Waals surface area (Å²) in [6.07, 6.45) is 0. The van der Waals surface area contributed by atoms with E-state index in [4.69, 9.17) is 17.3 Å². The van der Waals surface area contributed by atoms with E-state index in [0.717, 1.165) is 10.7 Å². The number of fused-ring (bicyclic) bond motifs is 3. The molecule has 0 radical (unpaired) electrons. The molecular weight excluding hydrogens is 226 g/mol. The van der Waals surface area contributed by atoms with Crippen molar-refractivity contribution in [1.82, 2.24) is 0 Å². The lowest BCUT2D eigenvalue weighted by Gasteiger charge is -1.94. The number of anilines is 1. The summed E-state index contributed by atoms with van der Waals surface area (Å²) in [5.41, 5.74) is 6.58. The predicted octanol–water partition coefficient (Wildman–Crippen LogP) is 4.29. The molecule has 0 spiro atoms. The molecule has 0 saturated heterocycles. The summed E-state index contributed by atoms with van der Waals surface area (Å²) >= 11 is 7.75. The molecule has 0 aliphatic carbocycles. The Morgan fingerprint density at radius 3 is 2.40 bits per heavy atom. The van der Waals surface area contributed by atoms with Gasteiger partial charge >= 0.3 is 0 Å². The van der Waals surface area contributed by atoms with E-state index < -0.39 is 0 Å². The van der Waals surface area contributed by atoms with Crippen molar-refractivity contribution in [3.8, 4) is 0 Å². The highest BCUT2D eigenvalue weighted by molar-refractivity contribution is 7.25. The number of nitrogens with two attached hydrogens (primary N) is 1. The molecule has 0 atom stereocenters. The molecule has 1 aromatic heterocycles. The molecule has 2 N–H and O–H groups in total. The standard InChI is InChI=1S/C12H8ClNS/c13-7-1-3-11-9(5-7)10-6-8(14)2-4-12(10)15-11/h1-6H,14H2. The van der Waals surface area contributed by atoms with E-state index in [-0.39, 0.29) is 0 Å². The maximum absolute atomic E-state index is 5.99. The van der Waals surface area contributed by atoms with Crippen molar-refractivity contribution >= 4 is 48.8 Å². The van der Waals surface area contributed by atoms with Gasteiger partial charge in [-0.25, -0.2) is 0 Å². The van der Waals surface area contributed by atoms with Crippen LogP contribution in [0.3, 0.4) is 0 Å². The van der Waals surface area contributed by atoms with E-state index in [1.54, 1.807) is 11.3 Å². The van der Waals surface area contributed by atoms with Crippen molar-refractivity contribution in [3.63, 3.8) is 0 Å². The summed E-state index contributed by atoms with van der Waals surface area (Å²) < 4.78 is 2.50. The minimum absolute atomic E-state index is 0.768. The molecule has 0 fully saturated rings. The van der Waals surface area contributed by atoms with Gasteiger partial charge in [-0.15, -0.1) is 11.3 Å². The van der Waals surface area contributed by atoms with E-state index in [1.165, 1.54) is 20.2 Å². The first-order valence-corrected chi connectivity index (χ1v) is 5.81. The largest absolute Gasteiger partial charge is 0.399 e. The van der Waals surface area contributed by atoms with E-state index >= 15 is 0 Å². The minimum atomic E-state index is 0.768. The van der Waals surface area contributed by atoms with Crippen molar-refractivity contribution < 1.29 is 0 Å². The van der Waals surface area contributed by atoms with Crippen LogP contribution in [0.1, 0.15) is 0 Å². The highest BCUT2D eigenvalue weighted by Gasteiger charge is 2.05. The zero-order chi connectivity index (χ0) is 10.4. The fourth-order valence-electron chi connectivity index (χ4n) is 1.77. The smallest absolute Gasteiger partial charge is 0.0413 e. The Labute approximate surface area is 96.1 Å². The third-order valence-electron chi connectivity index (χ3n) is 2.46. The Morgan fingerprint density at radius 2 is 1.60 bits per heavy atom. The number of hydrogen-bond acceptors (Lipinski definition) is 2. The lowest BCUT2D eigenvalue weighted by molar-refractivity contribution is 1.79. The molecule has 3 aromatic rings. The first-order chi connectivity index (χ1) is 7.24. The van der Waals surface area contributed by atoms with Crippen molar-refractivity contribution in [2.45, 2.75) is 0 Å². The van der Waals surface area contributed by atoms with Gasteiger partial charge in [-0.1, -0.05) is 11.6 Å². The number of hydrogen-bond donors (Lipinski definition) is 1. The summed E-state index contributed by atoms with van der Waals surface area (Å²) in [5, 5.41) is 3.15. The summed E-state index contributed by atoms with van der Waals surface area (Å²) in [6.45, 7) is 0. The van der Waals surface area contributed by atoms with Crippen molar-refractivity contribution in [3.05, 3.63) is 41.4 Å². The van der Waals surface area contributed by atoms with Crippen LogP contribution >= 0.6 is 22.9 Å². The Bertz CT molecular complexity index is 601. The van der Waals surface area contributed by atoms with Gasteiger partial charge in [-0.3, -0.25) is 0 Å². The molecule has 3 heteroatoms. The fraction of sp³-hybridized carbons (Fsp3) is 0. The SMILES string of the molecule is Nc1ccc2sc3ccc(Cl)cc3c2c1. The van der Waals surface area contributed by atoms with Crippen molar-refractivity contribution in [2.75, 3.05) is 5.73 Å². The Kier molecular flexibility index (Phi) is 1.87. The zero-order valence-electron chi connectivity index (χ0n) is 7.83. The van der Waals surface area contributed by atoms with E-state index in [2.05, 4.69) is 12.1 Å². The molecule has 0 aliphatic rings. The van der Waals surface area contributed by atoms with Gasteiger partial charge in [0, 0.05) is 30.9 Å². The first kappa shape index (κ1) is 9.01. The molecule has 0 unspecified atom stereocenters. The van der Waals surface area contributed by atoms with Gasteiger partial charge < -0.3 is 5.73 Å². The van der Waals surface area contributed by atoms with Crippen LogP contribution in [0.15, 0.2) is 36.4 Å². The highest BCUT2D eigenvalue weighted by Crippen LogP contribution is 2.35. The number of nitrogen functional groups attached to an aromatic ring is 1. The van der Waals surface area contributed by atoms with Crippen LogP contribution in [0.4, 0.5) is 5.69 Å². The number of halogens is 1. The van der Waals surface area contributed by atoms with Gasteiger partial charge in [0.1, 0.15) is 0 Å². The molecule has 3 rings (SSSR count). The van der Waals surface area contributed by atoms with Gasteiger partial charge in [0.15, 0.2) is 0 Å². The van der Waals surface area contributed by atoms with E-state index in [0.29, 0.717) is 0 Å². The molecule has 1 nitrogen and oxygen atoms in total. The average Bonchev–Trinajstić information content (AvgIpc) is 2.56. The van der Waals surface area contributed by atoms with E-state index in [9.17, 15) is 0 Å². The van der Waals surface area contributed by atoms with Gasteiger partial charge in [0.05, 0.1) is 0 Å². The first-order valence-electron chi connectivity index (χ1n) is 4.61. The van der Waals surface area contributed by atoms with Crippen LogP contribution in [0.25, 0.3) is 20.2 Å². The van der Waals surface area contributed by atoms with Gasteiger partial charge in [0.25, 0.3) is 0 Å². The molecule has 1 heterocycles. The van der Waals surface area contributed by atoms with Crippen LogP contribution in [0, 0.1) is 0 Å². The average molecular weight is 234 g/mol. The highest BCUT2D eigenvalue weighted by atomic mass is 35.5. The quantitative estimate of drug-likeness (QED) is 0.576. The molecule has 0 bridgehead atoms. The minimum Gasteiger partial charge on any atom is -0.399 e. The maximum Gasteiger partial charge on any atom is 0.0413 e. The molecule has 0 aliphatic heterocycles. The third kappa shape index (κ3) is 1.37. The van der Waals surface area contributed by atoms with Gasteiger partial charge in [0.2, 0.25) is 0 Å². The molecule has 0 saturated carbocycles. The van der Waals surface area contributed by atoms with Crippen LogP contribution in [0.2, 0.25) is 5.02 Å². The second kappa shape index (κ2) is 3.12. The summed E-state index contributed by atoms with van der Waals surface area (Å²) in [4.78, 5) is 0. The molecule has 0 amide bonds. The third-order valence-corrected chi connectivity index (χ3v) is 3.84.